The van der Waals surface area contributed by atoms with E-state index in [1.54, 1.807) is 6.07 Å². The molecule has 1 heterocycles. The third kappa shape index (κ3) is 5.48. The van der Waals surface area contributed by atoms with Crippen LogP contribution in [0, 0.1) is 6.92 Å². The minimum Gasteiger partial charge on any atom is -0.268 e. The molecule has 0 aliphatic rings. The van der Waals surface area contributed by atoms with Gasteiger partial charge < -0.3 is 0 Å². The lowest BCUT2D eigenvalue weighted by molar-refractivity contribution is 0.554. The Morgan fingerprint density at radius 1 is 1.00 bits per heavy atom. The van der Waals surface area contributed by atoms with Crippen LogP contribution in [0.15, 0.2) is 76.9 Å². The molecule has 0 radical (unpaired) electrons. The van der Waals surface area contributed by atoms with Gasteiger partial charge in [-0.3, -0.25) is 4.79 Å². The number of rotatable bonds is 7. The monoisotopic (exact) mass is 395 g/mol. The predicted molar refractivity (Wildman–Crippen MR) is 111 cm³/mol. The Balaban J connectivity index is 1.64. The number of sulfonamides is 1. The van der Waals surface area contributed by atoms with E-state index in [4.69, 9.17) is 0 Å². The van der Waals surface area contributed by atoms with Crippen LogP contribution in [-0.4, -0.2) is 24.7 Å². The molecule has 0 unspecified atom stereocenters. The van der Waals surface area contributed by atoms with Gasteiger partial charge in [-0.25, -0.2) is 17.8 Å². The van der Waals surface area contributed by atoms with Crippen LogP contribution in [0.3, 0.4) is 0 Å². The van der Waals surface area contributed by atoms with E-state index in [-0.39, 0.29) is 18.6 Å². The maximum absolute atomic E-state index is 12.1. The van der Waals surface area contributed by atoms with Crippen LogP contribution in [0.1, 0.15) is 11.1 Å². The number of aromatic nitrogens is 2. The zero-order valence-electron chi connectivity index (χ0n) is 15.4. The first-order chi connectivity index (χ1) is 13.4. The summed E-state index contributed by atoms with van der Waals surface area (Å²) < 4.78 is 28.0. The molecule has 1 aromatic heterocycles. The van der Waals surface area contributed by atoms with Gasteiger partial charge in [-0.05, 0) is 24.6 Å². The highest BCUT2D eigenvalue weighted by molar-refractivity contribution is 7.92. The summed E-state index contributed by atoms with van der Waals surface area (Å²) in [6.45, 7) is 2.16. The number of benzene rings is 2. The molecule has 0 aliphatic heterocycles. The minimum atomic E-state index is -3.61. The van der Waals surface area contributed by atoms with Crippen LogP contribution < -0.4 is 10.3 Å². The van der Waals surface area contributed by atoms with Crippen molar-refractivity contribution in [3.8, 4) is 11.3 Å². The molecule has 0 spiro atoms. The SMILES string of the molecule is Cc1ccc(/C=C/S(=O)(=O)NCCn2nc(-c3ccccc3)ccc2=O)cc1. The molecule has 144 valence electrons. The Kier molecular flexibility index (Phi) is 6.18. The maximum atomic E-state index is 12.1. The zero-order valence-corrected chi connectivity index (χ0v) is 16.3. The van der Waals surface area contributed by atoms with Gasteiger partial charge in [0.2, 0.25) is 10.0 Å². The molecule has 6 nitrogen and oxygen atoms in total. The van der Waals surface area contributed by atoms with Crippen LogP contribution in [-0.2, 0) is 16.6 Å². The van der Waals surface area contributed by atoms with E-state index in [2.05, 4.69) is 9.82 Å². The third-order valence-electron chi connectivity index (χ3n) is 4.08. The summed E-state index contributed by atoms with van der Waals surface area (Å²) in [4.78, 5) is 12.0. The van der Waals surface area contributed by atoms with Gasteiger partial charge in [0.25, 0.3) is 5.56 Å². The Hall–Kier alpha value is -3.03. The normalized spacial score (nSPS) is 11.8. The van der Waals surface area contributed by atoms with Gasteiger partial charge in [0.15, 0.2) is 0 Å². The first-order valence-electron chi connectivity index (χ1n) is 8.81. The Bertz CT molecular complexity index is 1120. The second-order valence-electron chi connectivity index (χ2n) is 6.30. The molecule has 0 amide bonds. The molecule has 1 N–H and O–H groups in total. The highest BCUT2D eigenvalue weighted by atomic mass is 32.2. The molecule has 0 fully saturated rings. The molecule has 0 saturated heterocycles. The maximum Gasteiger partial charge on any atom is 0.266 e. The topological polar surface area (TPSA) is 81.1 Å². The summed E-state index contributed by atoms with van der Waals surface area (Å²) in [7, 11) is -3.61. The fraction of sp³-hybridized carbons (Fsp3) is 0.143. The van der Waals surface area contributed by atoms with E-state index in [1.165, 1.54) is 16.8 Å². The Morgan fingerprint density at radius 3 is 2.43 bits per heavy atom. The Labute approximate surface area is 164 Å². The highest BCUT2D eigenvalue weighted by Crippen LogP contribution is 2.13. The van der Waals surface area contributed by atoms with Crippen molar-refractivity contribution in [3.05, 3.63) is 93.6 Å². The van der Waals surface area contributed by atoms with Gasteiger partial charge in [0.1, 0.15) is 0 Å². The van der Waals surface area contributed by atoms with E-state index in [0.29, 0.717) is 5.69 Å². The first kappa shape index (κ1) is 19.7. The van der Waals surface area contributed by atoms with E-state index < -0.39 is 10.0 Å². The third-order valence-corrected chi connectivity index (χ3v) is 5.18. The predicted octanol–water partition coefficient (Wildman–Crippen LogP) is 2.81. The van der Waals surface area contributed by atoms with Crippen LogP contribution in [0.4, 0.5) is 0 Å². The van der Waals surface area contributed by atoms with Crippen LogP contribution in [0.5, 0.6) is 0 Å². The quantitative estimate of drug-likeness (QED) is 0.667. The molecule has 7 heteroatoms. The lowest BCUT2D eigenvalue weighted by Crippen LogP contribution is -2.31. The summed E-state index contributed by atoms with van der Waals surface area (Å²) in [5, 5.41) is 5.43. The molecule has 0 atom stereocenters. The molecular weight excluding hydrogens is 374 g/mol. The molecule has 0 bridgehead atoms. The van der Waals surface area contributed by atoms with Crippen molar-refractivity contribution >= 4 is 16.1 Å². The van der Waals surface area contributed by atoms with Crippen LogP contribution >= 0.6 is 0 Å². The first-order valence-corrected chi connectivity index (χ1v) is 10.4. The summed E-state index contributed by atoms with van der Waals surface area (Å²) in [5.74, 6) is 0. The lowest BCUT2D eigenvalue weighted by Gasteiger charge is -2.08. The van der Waals surface area contributed by atoms with Gasteiger partial charge in [0.05, 0.1) is 12.2 Å². The van der Waals surface area contributed by atoms with Crippen molar-refractivity contribution in [2.24, 2.45) is 0 Å². The number of hydrogen-bond acceptors (Lipinski definition) is 4. The van der Waals surface area contributed by atoms with Crippen molar-refractivity contribution in [2.45, 2.75) is 13.5 Å². The number of aryl methyl sites for hydroxylation is 1. The van der Waals surface area contributed by atoms with E-state index in [0.717, 1.165) is 22.1 Å². The van der Waals surface area contributed by atoms with Gasteiger partial charge >= 0.3 is 0 Å². The average Bonchev–Trinajstić information content (AvgIpc) is 2.70. The number of nitrogens with one attached hydrogen (secondary N) is 1. The van der Waals surface area contributed by atoms with Crippen molar-refractivity contribution in [1.82, 2.24) is 14.5 Å². The molecule has 0 aliphatic carbocycles. The molecule has 28 heavy (non-hydrogen) atoms. The minimum absolute atomic E-state index is 0.0612. The fourth-order valence-electron chi connectivity index (χ4n) is 2.56. The van der Waals surface area contributed by atoms with Crippen molar-refractivity contribution in [1.29, 1.82) is 0 Å². The average molecular weight is 395 g/mol. The summed E-state index contributed by atoms with van der Waals surface area (Å²) >= 11 is 0. The second-order valence-corrected chi connectivity index (χ2v) is 7.95. The summed E-state index contributed by atoms with van der Waals surface area (Å²) in [5.41, 5.74) is 3.16. The van der Waals surface area contributed by atoms with E-state index in [1.807, 2.05) is 61.5 Å². The summed E-state index contributed by atoms with van der Waals surface area (Å²) in [6, 6.07) is 20.1. The van der Waals surface area contributed by atoms with Crippen molar-refractivity contribution in [2.75, 3.05) is 6.54 Å². The van der Waals surface area contributed by atoms with Crippen molar-refractivity contribution in [3.63, 3.8) is 0 Å². The smallest absolute Gasteiger partial charge is 0.266 e. The molecule has 0 saturated carbocycles. The molecule has 3 aromatic rings. The molecule has 2 aromatic carbocycles. The van der Waals surface area contributed by atoms with Gasteiger partial charge in [0, 0.05) is 23.6 Å². The largest absolute Gasteiger partial charge is 0.268 e. The van der Waals surface area contributed by atoms with Gasteiger partial charge in [-0.2, -0.15) is 5.10 Å². The molecular formula is C21H21N3O3S. The highest BCUT2D eigenvalue weighted by Gasteiger charge is 2.07. The molecule has 3 rings (SSSR count). The Morgan fingerprint density at radius 2 is 1.71 bits per heavy atom. The second kappa shape index (κ2) is 8.77. The van der Waals surface area contributed by atoms with Crippen LogP contribution in [0.25, 0.3) is 17.3 Å². The van der Waals surface area contributed by atoms with Gasteiger partial charge in [-0.1, -0.05) is 60.2 Å². The van der Waals surface area contributed by atoms with Crippen LogP contribution in [0.2, 0.25) is 0 Å². The number of hydrogen-bond donors (Lipinski definition) is 1. The van der Waals surface area contributed by atoms with Crippen molar-refractivity contribution < 1.29 is 8.42 Å². The standard InChI is InChI=1S/C21H21N3O3S/c1-17-7-9-18(10-8-17)13-16-28(26,27)22-14-15-24-21(25)12-11-20(23-24)19-5-3-2-4-6-19/h2-13,16,22H,14-15H2,1H3/b16-13+. The fourth-order valence-corrected chi connectivity index (χ4v) is 3.37. The van der Waals surface area contributed by atoms with E-state index in [9.17, 15) is 13.2 Å². The summed E-state index contributed by atoms with van der Waals surface area (Å²) in [6.07, 6.45) is 1.53. The number of nitrogens with zero attached hydrogens (tertiary/aromatic N) is 2. The zero-order chi connectivity index (χ0) is 20.0. The lowest BCUT2D eigenvalue weighted by atomic mass is 10.1. The van der Waals surface area contributed by atoms with Gasteiger partial charge in [-0.15, -0.1) is 0 Å². The van der Waals surface area contributed by atoms with E-state index >= 15 is 0 Å².